The van der Waals surface area contributed by atoms with Gasteiger partial charge in [0.25, 0.3) is 0 Å². The third-order valence-electron chi connectivity index (χ3n) is 3.03. The van der Waals surface area contributed by atoms with Gasteiger partial charge >= 0.3 is 0 Å². The van der Waals surface area contributed by atoms with Crippen LogP contribution in [0.15, 0.2) is 48.5 Å². The highest BCUT2D eigenvalue weighted by Crippen LogP contribution is 2.19. The standard InChI is InChI=1S/C18H17FO3/c1-3-22-15-6-4-5-13(11-15)7-9-17(20)14-8-10-18(21-2)16(19)12-14/h4-12H,3H2,1-2H3/b9-7+. The molecule has 0 radical (unpaired) electrons. The predicted molar refractivity (Wildman–Crippen MR) is 83.9 cm³/mol. The first kappa shape index (κ1) is 15.8. The number of ketones is 1. The van der Waals surface area contributed by atoms with E-state index in [1.807, 2.05) is 31.2 Å². The van der Waals surface area contributed by atoms with E-state index in [0.29, 0.717) is 6.61 Å². The molecular formula is C18H17FO3. The second-order valence-electron chi connectivity index (χ2n) is 4.55. The van der Waals surface area contributed by atoms with Gasteiger partial charge in [-0.25, -0.2) is 4.39 Å². The first-order valence-corrected chi connectivity index (χ1v) is 6.93. The highest BCUT2D eigenvalue weighted by Gasteiger charge is 2.07. The minimum Gasteiger partial charge on any atom is -0.494 e. The molecule has 3 nitrogen and oxygen atoms in total. The number of methoxy groups -OCH3 is 1. The smallest absolute Gasteiger partial charge is 0.185 e. The molecule has 0 amide bonds. The molecule has 0 unspecified atom stereocenters. The number of hydrogen-bond acceptors (Lipinski definition) is 3. The average molecular weight is 300 g/mol. The summed E-state index contributed by atoms with van der Waals surface area (Å²) < 4.78 is 23.8. The lowest BCUT2D eigenvalue weighted by molar-refractivity contribution is 0.104. The Hall–Kier alpha value is -2.62. The Morgan fingerprint density at radius 2 is 2.05 bits per heavy atom. The van der Waals surface area contributed by atoms with E-state index in [1.165, 1.54) is 31.4 Å². The lowest BCUT2D eigenvalue weighted by atomic mass is 10.1. The van der Waals surface area contributed by atoms with E-state index in [1.54, 1.807) is 6.08 Å². The van der Waals surface area contributed by atoms with Crippen LogP contribution in [0.25, 0.3) is 6.08 Å². The normalized spacial score (nSPS) is 10.7. The zero-order chi connectivity index (χ0) is 15.9. The van der Waals surface area contributed by atoms with Gasteiger partial charge in [0.15, 0.2) is 17.3 Å². The first-order valence-electron chi connectivity index (χ1n) is 6.93. The quantitative estimate of drug-likeness (QED) is 0.594. The van der Waals surface area contributed by atoms with Crippen molar-refractivity contribution < 1.29 is 18.7 Å². The molecular weight excluding hydrogens is 283 g/mol. The van der Waals surface area contributed by atoms with Gasteiger partial charge in [-0.2, -0.15) is 0 Å². The molecule has 22 heavy (non-hydrogen) atoms. The zero-order valence-electron chi connectivity index (χ0n) is 12.5. The third kappa shape index (κ3) is 3.95. The van der Waals surface area contributed by atoms with Crippen molar-refractivity contribution in [2.45, 2.75) is 6.92 Å². The van der Waals surface area contributed by atoms with Crippen molar-refractivity contribution in [3.8, 4) is 11.5 Å². The number of benzene rings is 2. The fourth-order valence-corrected chi connectivity index (χ4v) is 1.96. The number of hydrogen-bond donors (Lipinski definition) is 0. The molecule has 0 heterocycles. The van der Waals surface area contributed by atoms with E-state index in [2.05, 4.69) is 0 Å². The Bertz CT molecular complexity index is 692. The van der Waals surface area contributed by atoms with E-state index in [9.17, 15) is 9.18 Å². The van der Waals surface area contributed by atoms with E-state index >= 15 is 0 Å². The van der Waals surface area contributed by atoms with Crippen LogP contribution < -0.4 is 9.47 Å². The Balaban J connectivity index is 2.14. The van der Waals surface area contributed by atoms with Gasteiger partial charge in [0, 0.05) is 5.56 Å². The summed E-state index contributed by atoms with van der Waals surface area (Å²) in [6.45, 7) is 2.49. The van der Waals surface area contributed by atoms with E-state index < -0.39 is 5.82 Å². The number of rotatable bonds is 6. The highest BCUT2D eigenvalue weighted by molar-refractivity contribution is 6.06. The van der Waals surface area contributed by atoms with Crippen LogP contribution in [0.3, 0.4) is 0 Å². The van der Waals surface area contributed by atoms with Gasteiger partial charge in [-0.3, -0.25) is 4.79 Å². The molecule has 0 N–H and O–H groups in total. The van der Waals surface area contributed by atoms with Gasteiger partial charge < -0.3 is 9.47 Å². The maximum Gasteiger partial charge on any atom is 0.185 e. The van der Waals surface area contributed by atoms with Crippen LogP contribution in [0.2, 0.25) is 0 Å². The van der Waals surface area contributed by atoms with E-state index in [4.69, 9.17) is 9.47 Å². The van der Waals surface area contributed by atoms with Crippen LogP contribution in [0.1, 0.15) is 22.8 Å². The molecule has 0 saturated heterocycles. The summed E-state index contributed by atoms with van der Waals surface area (Å²) in [7, 11) is 1.38. The molecule has 0 spiro atoms. The number of carbonyl (C=O) groups excluding carboxylic acids is 1. The minimum atomic E-state index is -0.555. The number of halogens is 1. The topological polar surface area (TPSA) is 35.5 Å². The molecule has 4 heteroatoms. The van der Waals surface area contributed by atoms with Gasteiger partial charge in [-0.05, 0) is 48.9 Å². The molecule has 2 aromatic rings. The molecule has 0 atom stereocenters. The summed E-state index contributed by atoms with van der Waals surface area (Å²) in [4.78, 5) is 12.1. The maximum atomic E-state index is 13.6. The summed E-state index contributed by atoms with van der Waals surface area (Å²) >= 11 is 0. The Morgan fingerprint density at radius 1 is 1.23 bits per heavy atom. The van der Waals surface area contributed by atoms with Gasteiger partial charge in [0.2, 0.25) is 0 Å². The van der Waals surface area contributed by atoms with Crippen LogP contribution >= 0.6 is 0 Å². The molecule has 0 bridgehead atoms. The van der Waals surface area contributed by atoms with Gasteiger partial charge in [-0.15, -0.1) is 0 Å². The number of ether oxygens (including phenoxy) is 2. The van der Waals surface area contributed by atoms with Crippen molar-refractivity contribution in [1.29, 1.82) is 0 Å². The summed E-state index contributed by atoms with van der Waals surface area (Å²) in [5.74, 6) is 0.0287. The predicted octanol–water partition coefficient (Wildman–Crippen LogP) is 4.13. The highest BCUT2D eigenvalue weighted by atomic mass is 19.1. The lowest BCUT2D eigenvalue weighted by Gasteiger charge is -2.04. The van der Waals surface area contributed by atoms with Gasteiger partial charge in [0.1, 0.15) is 5.75 Å². The van der Waals surface area contributed by atoms with Gasteiger partial charge in [-0.1, -0.05) is 18.2 Å². The molecule has 0 aromatic heterocycles. The Labute approximate surface area is 129 Å². The molecule has 2 rings (SSSR count). The fourth-order valence-electron chi connectivity index (χ4n) is 1.96. The molecule has 0 aliphatic heterocycles. The zero-order valence-corrected chi connectivity index (χ0v) is 12.5. The molecule has 0 saturated carbocycles. The molecule has 114 valence electrons. The number of allylic oxidation sites excluding steroid dienone is 1. The Morgan fingerprint density at radius 3 is 2.73 bits per heavy atom. The van der Waals surface area contributed by atoms with Crippen molar-refractivity contribution in [2.24, 2.45) is 0 Å². The van der Waals surface area contributed by atoms with Crippen LogP contribution in [-0.4, -0.2) is 19.5 Å². The van der Waals surface area contributed by atoms with Crippen LogP contribution in [0, 0.1) is 5.82 Å². The molecule has 0 aliphatic carbocycles. The summed E-state index contributed by atoms with van der Waals surface area (Å²) in [6, 6.07) is 11.5. The lowest BCUT2D eigenvalue weighted by Crippen LogP contribution is -1.97. The van der Waals surface area contributed by atoms with E-state index in [0.717, 1.165) is 11.3 Å². The minimum absolute atomic E-state index is 0.116. The second kappa shape index (κ2) is 7.41. The average Bonchev–Trinajstić information content (AvgIpc) is 2.53. The molecule has 0 fully saturated rings. The fraction of sp³-hybridized carbons (Fsp3) is 0.167. The van der Waals surface area contributed by atoms with Crippen LogP contribution in [0.5, 0.6) is 11.5 Å². The van der Waals surface area contributed by atoms with Gasteiger partial charge in [0.05, 0.1) is 13.7 Å². The van der Waals surface area contributed by atoms with Crippen molar-refractivity contribution in [3.63, 3.8) is 0 Å². The summed E-state index contributed by atoms with van der Waals surface area (Å²) in [5, 5.41) is 0. The maximum absolute atomic E-state index is 13.6. The van der Waals surface area contributed by atoms with Crippen molar-refractivity contribution in [3.05, 3.63) is 65.5 Å². The van der Waals surface area contributed by atoms with Crippen LogP contribution in [-0.2, 0) is 0 Å². The number of carbonyl (C=O) groups is 1. The van der Waals surface area contributed by atoms with Crippen molar-refractivity contribution in [2.75, 3.05) is 13.7 Å². The second-order valence-corrected chi connectivity index (χ2v) is 4.55. The van der Waals surface area contributed by atoms with Crippen LogP contribution in [0.4, 0.5) is 4.39 Å². The molecule has 0 aliphatic rings. The third-order valence-corrected chi connectivity index (χ3v) is 3.03. The molecule has 2 aromatic carbocycles. The van der Waals surface area contributed by atoms with Crippen molar-refractivity contribution in [1.82, 2.24) is 0 Å². The summed E-state index contributed by atoms with van der Waals surface area (Å²) in [5.41, 5.74) is 1.11. The largest absolute Gasteiger partial charge is 0.494 e. The monoisotopic (exact) mass is 300 g/mol. The van der Waals surface area contributed by atoms with Crippen molar-refractivity contribution >= 4 is 11.9 Å². The summed E-state index contributed by atoms with van der Waals surface area (Å²) in [6.07, 6.45) is 3.08. The SMILES string of the molecule is CCOc1cccc(/C=C/C(=O)c2ccc(OC)c(F)c2)c1. The van der Waals surface area contributed by atoms with E-state index in [-0.39, 0.29) is 17.1 Å². The first-order chi connectivity index (χ1) is 10.6. The Kier molecular flexibility index (Phi) is 5.31.